The molecule has 1 aromatic heterocycles. The van der Waals surface area contributed by atoms with Crippen LogP contribution in [-0.2, 0) is 9.53 Å². The molecule has 1 unspecified atom stereocenters. The molecular weight excluding hydrogens is 542 g/mol. The molecule has 5 rings (SSSR count). The fourth-order valence-electron chi connectivity index (χ4n) is 4.65. The molecule has 0 fully saturated rings. The Morgan fingerprint density at radius 3 is 1.91 bits per heavy atom. The number of aryl methyl sites for hydroxylation is 2. The molecule has 0 saturated heterocycles. The van der Waals surface area contributed by atoms with E-state index in [0.717, 1.165) is 27.9 Å². The maximum atomic E-state index is 13.3. The lowest BCUT2D eigenvalue weighted by Gasteiger charge is -2.18. The average molecular weight is 576 g/mol. The zero-order valence-corrected chi connectivity index (χ0v) is 24.8. The number of anilines is 1. The molecule has 8 heteroatoms. The van der Waals surface area contributed by atoms with Crippen molar-refractivity contribution in [1.82, 2.24) is 9.97 Å². The number of nitrogens with one attached hydrogen (secondary N) is 1. The number of esters is 1. The number of rotatable bonds is 9. The van der Waals surface area contributed by atoms with E-state index in [4.69, 9.17) is 24.2 Å². The van der Waals surface area contributed by atoms with Gasteiger partial charge in [-0.2, -0.15) is 0 Å². The number of benzene rings is 4. The molecule has 5 aromatic rings. The van der Waals surface area contributed by atoms with Crippen LogP contribution < -0.4 is 14.8 Å². The van der Waals surface area contributed by atoms with E-state index >= 15 is 0 Å². The number of carbonyl (C=O) groups is 2. The summed E-state index contributed by atoms with van der Waals surface area (Å²) in [5, 5.41) is 2.78. The van der Waals surface area contributed by atoms with E-state index in [0.29, 0.717) is 33.9 Å². The van der Waals surface area contributed by atoms with Crippen molar-refractivity contribution in [3.8, 4) is 34.0 Å². The third-order valence-electron chi connectivity index (χ3n) is 7.13. The van der Waals surface area contributed by atoms with Gasteiger partial charge < -0.3 is 19.5 Å². The highest BCUT2D eigenvalue weighted by Crippen LogP contribution is 2.32. The Morgan fingerprint density at radius 2 is 1.35 bits per heavy atom. The van der Waals surface area contributed by atoms with Crippen molar-refractivity contribution in [2.45, 2.75) is 33.3 Å². The van der Waals surface area contributed by atoms with E-state index in [-0.39, 0.29) is 12.0 Å². The van der Waals surface area contributed by atoms with Crippen molar-refractivity contribution >= 4 is 28.6 Å². The summed E-state index contributed by atoms with van der Waals surface area (Å²) in [5.74, 6) is -0.109. The molecule has 43 heavy (non-hydrogen) atoms. The van der Waals surface area contributed by atoms with Crippen LogP contribution in [0.1, 0.15) is 34.8 Å². The van der Waals surface area contributed by atoms with Gasteiger partial charge in [0.25, 0.3) is 5.91 Å². The summed E-state index contributed by atoms with van der Waals surface area (Å²) >= 11 is 0. The lowest BCUT2D eigenvalue weighted by molar-refractivity contribution is -0.124. The molecule has 0 saturated carbocycles. The lowest BCUT2D eigenvalue weighted by atomic mass is 10.0. The Labute approximate surface area is 250 Å². The van der Waals surface area contributed by atoms with Crippen molar-refractivity contribution in [2.75, 3.05) is 19.5 Å². The van der Waals surface area contributed by atoms with Crippen LogP contribution >= 0.6 is 0 Å². The molecule has 1 amide bonds. The number of methoxy groups -OCH3 is 2. The fourth-order valence-corrected chi connectivity index (χ4v) is 4.65. The van der Waals surface area contributed by atoms with Crippen LogP contribution in [0.5, 0.6) is 11.5 Å². The lowest BCUT2D eigenvalue weighted by Crippen LogP contribution is -2.32. The van der Waals surface area contributed by atoms with Gasteiger partial charge in [0.2, 0.25) is 0 Å². The Balaban J connectivity index is 1.44. The summed E-state index contributed by atoms with van der Waals surface area (Å²) in [5.41, 5.74) is 7.47. The summed E-state index contributed by atoms with van der Waals surface area (Å²) in [4.78, 5) is 36.3. The summed E-state index contributed by atoms with van der Waals surface area (Å²) in [7, 11) is 3.04. The van der Waals surface area contributed by atoms with Gasteiger partial charge in [0.05, 0.1) is 47.9 Å². The van der Waals surface area contributed by atoms with Crippen LogP contribution in [0.3, 0.4) is 0 Å². The molecule has 0 aliphatic carbocycles. The molecule has 0 bridgehead atoms. The molecule has 0 radical (unpaired) electrons. The molecule has 1 heterocycles. The van der Waals surface area contributed by atoms with Gasteiger partial charge in [-0.15, -0.1) is 0 Å². The largest absolute Gasteiger partial charge is 0.497 e. The predicted octanol–water partition coefficient (Wildman–Crippen LogP) is 7.17. The summed E-state index contributed by atoms with van der Waals surface area (Å²) in [6, 6.07) is 26.3. The zero-order valence-electron chi connectivity index (χ0n) is 24.8. The number of hydrogen-bond acceptors (Lipinski definition) is 7. The number of fused-ring (bicyclic) bond motifs is 1. The number of hydrogen-bond donors (Lipinski definition) is 1. The van der Waals surface area contributed by atoms with E-state index in [2.05, 4.69) is 5.32 Å². The second-order valence-corrected chi connectivity index (χ2v) is 10.2. The second-order valence-electron chi connectivity index (χ2n) is 10.2. The van der Waals surface area contributed by atoms with Gasteiger partial charge in [-0.3, -0.25) is 4.79 Å². The minimum Gasteiger partial charge on any atom is -0.497 e. The van der Waals surface area contributed by atoms with Crippen molar-refractivity contribution in [3.63, 3.8) is 0 Å². The number of carbonyl (C=O) groups excluding carboxylic acids is 2. The van der Waals surface area contributed by atoms with Gasteiger partial charge >= 0.3 is 5.97 Å². The van der Waals surface area contributed by atoms with Gasteiger partial charge in [-0.1, -0.05) is 66.6 Å². The van der Waals surface area contributed by atoms with Crippen LogP contribution in [0.2, 0.25) is 0 Å². The van der Waals surface area contributed by atoms with Crippen LogP contribution in [0.4, 0.5) is 5.69 Å². The van der Waals surface area contributed by atoms with Gasteiger partial charge in [-0.25, -0.2) is 14.8 Å². The van der Waals surface area contributed by atoms with Gasteiger partial charge in [0.15, 0.2) is 6.10 Å². The minimum atomic E-state index is -1.03. The standard InChI is InChI=1S/C35H33N3O5/c1-6-30(34(39)38-29-20-26(41-4)16-18-31(29)42-5)43-35(40)25-15-17-27-28(19-25)37-33(24-13-9-22(3)10-14-24)32(36-27)23-11-7-21(2)8-12-23/h7-20,30H,6H2,1-5H3,(H,38,39). The third kappa shape index (κ3) is 6.48. The number of ether oxygens (including phenoxy) is 3. The topological polar surface area (TPSA) is 99.6 Å². The average Bonchev–Trinajstić information content (AvgIpc) is 3.03. The van der Waals surface area contributed by atoms with Gasteiger partial charge in [-0.05, 0) is 50.6 Å². The third-order valence-corrected chi connectivity index (χ3v) is 7.13. The van der Waals surface area contributed by atoms with E-state index in [1.165, 1.54) is 14.2 Å². The Bertz CT molecular complexity index is 1780. The van der Waals surface area contributed by atoms with E-state index in [1.807, 2.05) is 62.4 Å². The highest BCUT2D eigenvalue weighted by Gasteiger charge is 2.24. The van der Waals surface area contributed by atoms with Crippen LogP contribution in [-0.4, -0.2) is 42.2 Å². The Kier molecular flexibility index (Phi) is 8.66. The maximum Gasteiger partial charge on any atom is 0.338 e. The highest BCUT2D eigenvalue weighted by atomic mass is 16.5. The molecule has 8 nitrogen and oxygen atoms in total. The monoisotopic (exact) mass is 575 g/mol. The number of amides is 1. The summed E-state index contributed by atoms with van der Waals surface area (Å²) in [6.45, 7) is 5.85. The van der Waals surface area contributed by atoms with Gasteiger partial charge in [0, 0.05) is 17.2 Å². The molecule has 1 atom stereocenters. The first-order valence-corrected chi connectivity index (χ1v) is 14.0. The van der Waals surface area contributed by atoms with E-state index in [9.17, 15) is 9.59 Å². The SMILES string of the molecule is CCC(OC(=O)c1ccc2nc(-c3ccc(C)cc3)c(-c3ccc(C)cc3)nc2c1)C(=O)Nc1cc(OC)ccc1OC. The first kappa shape index (κ1) is 29.3. The Hall–Kier alpha value is -5.24. The highest BCUT2D eigenvalue weighted by molar-refractivity contribution is 6.00. The molecule has 218 valence electrons. The zero-order chi connectivity index (χ0) is 30.5. The fraction of sp³-hybridized carbons (Fsp3) is 0.200. The summed E-state index contributed by atoms with van der Waals surface area (Å²) < 4.78 is 16.3. The molecular formula is C35H33N3O5. The predicted molar refractivity (Wildman–Crippen MR) is 168 cm³/mol. The van der Waals surface area contributed by atoms with Crippen molar-refractivity contribution in [3.05, 3.63) is 102 Å². The first-order chi connectivity index (χ1) is 20.8. The molecule has 0 spiro atoms. The molecule has 1 N–H and O–H groups in total. The molecule has 0 aliphatic heterocycles. The van der Waals surface area contributed by atoms with Crippen molar-refractivity contribution < 1.29 is 23.8 Å². The van der Waals surface area contributed by atoms with Gasteiger partial charge in [0.1, 0.15) is 11.5 Å². The van der Waals surface area contributed by atoms with Crippen LogP contribution in [0, 0.1) is 13.8 Å². The van der Waals surface area contributed by atoms with Crippen LogP contribution in [0.25, 0.3) is 33.5 Å². The Morgan fingerprint density at radius 1 is 0.744 bits per heavy atom. The second kappa shape index (κ2) is 12.7. The molecule has 0 aliphatic rings. The van der Waals surface area contributed by atoms with Crippen molar-refractivity contribution in [1.29, 1.82) is 0 Å². The first-order valence-electron chi connectivity index (χ1n) is 14.0. The smallest absolute Gasteiger partial charge is 0.338 e. The number of nitrogens with zero attached hydrogens (tertiary/aromatic N) is 2. The minimum absolute atomic E-state index is 0.268. The number of aromatic nitrogens is 2. The maximum absolute atomic E-state index is 13.3. The van der Waals surface area contributed by atoms with E-state index < -0.39 is 18.0 Å². The normalized spacial score (nSPS) is 11.6. The van der Waals surface area contributed by atoms with E-state index in [1.54, 1.807) is 43.3 Å². The van der Waals surface area contributed by atoms with Crippen LogP contribution in [0.15, 0.2) is 84.9 Å². The quantitative estimate of drug-likeness (QED) is 0.186. The summed E-state index contributed by atoms with van der Waals surface area (Å²) in [6.07, 6.45) is -0.758. The molecule has 4 aromatic carbocycles. The van der Waals surface area contributed by atoms with Crippen molar-refractivity contribution in [2.24, 2.45) is 0 Å².